The van der Waals surface area contributed by atoms with E-state index in [2.05, 4.69) is 170 Å². The van der Waals surface area contributed by atoms with Crippen molar-refractivity contribution in [3.8, 4) is 56.0 Å². The second kappa shape index (κ2) is 10.2. The first kappa shape index (κ1) is 26.1. The number of hydrogen-bond acceptors (Lipinski definition) is 1. The van der Waals surface area contributed by atoms with E-state index in [0.717, 1.165) is 22.6 Å². The highest BCUT2D eigenvalue weighted by molar-refractivity contribution is 6.23. The van der Waals surface area contributed by atoms with Crippen LogP contribution >= 0.6 is 0 Å². The Morgan fingerprint density at radius 1 is 0.277 bits per heavy atom. The Bertz CT molecular complexity index is 2650. The fourth-order valence-electron chi connectivity index (χ4n) is 7.89. The molecule has 0 saturated carbocycles. The predicted molar refractivity (Wildman–Crippen MR) is 198 cm³/mol. The van der Waals surface area contributed by atoms with Gasteiger partial charge in [0.2, 0.25) is 0 Å². The molecule has 0 amide bonds. The first-order valence-corrected chi connectivity index (χ1v) is 16.2. The van der Waals surface area contributed by atoms with Crippen molar-refractivity contribution in [1.29, 1.82) is 0 Å². The topological polar surface area (TPSA) is 9.23 Å². The first-order chi connectivity index (χ1) is 23.3. The van der Waals surface area contributed by atoms with Gasteiger partial charge in [0.05, 0.1) is 0 Å². The zero-order valence-corrected chi connectivity index (χ0v) is 25.6. The van der Waals surface area contributed by atoms with Crippen LogP contribution in [0.4, 0.5) is 0 Å². The summed E-state index contributed by atoms with van der Waals surface area (Å²) in [4.78, 5) is 0. The summed E-state index contributed by atoms with van der Waals surface area (Å²) in [6.45, 7) is 0. The Morgan fingerprint density at radius 2 is 0.723 bits per heavy atom. The Labute approximate surface area is 272 Å². The molecule has 1 heteroatoms. The van der Waals surface area contributed by atoms with Crippen LogP contribution in [0.15, 0.2) is 170 Å². The average molecular weight is 597 g/mol. The Hall–Kier alpha value is -6.18. The van der Waals surface area contributed by atoms with Crippen LogP contribution in [0.25, 0.3) is 87.6 Å². The second-order valence-electron chi connectivity index (χ2n) is 12.4. The summed E-state index contributed by atoms with van der Waals surface area (Å²) in [6, 6.07) is 61.4. The lowest BCUT2D eigenvalue weighted by molar-refractivity contribution is 0.489. The smallest absolute Gasteiger partial charge is 0.143 e. The van der Waals surface area contributed by atoms with Gasteiger partial charge in [-0.1, -0.05) is 164 Å². The summed E-state index contributed by atoms with van der Waals surface area (Å²) in [6.07, 6.45) is 0. The van der Waals surface area contributed by atoms with E-state index >= 15 is 0 Å². The van der Waals surface area contributed by atoms with Gasteiger partial charge in [0.1, 0.15) is 11.5 Å². The molecular formula is C46H28O. The number of hydrogen-bond donors (Lipinski definition) is 0. The number of fused-ring (bicyclic) bond motifs is 5. The molecule has 1 nitrogen and oxygen atoms in total. The van der Waals surface area contributed by atoms with E-state index in [4.69, 9.17) is 4.74 Å². The summed E-state index contributed by atoms with van der Waals surface area (Å²) in [5.74, 6) is 1.82. The summed E-state index contributed by atoms with van der Waals surface area (Å²) in [5.41, 5.74) is 9.62. The largest absolute Gasteiger partial charge is 0.455 e. The predicted octanol–water partition coefficient (Wildman–Crippen LogP) is 13.1. The van der Waals surface area contributed by atoms with Gasteiger partial charge in [-0.25, -0.2) is 0 Å². The highest BCUT2D eigenvalue weighted by Gasteiger charge is 2.26. The maximum Gasteiger partial charge on any atom is 0.143 e. The number of ether oxygens (including phenoxy) is 1. The molecule has 0 atom stereocenters. The minimum absolute atomic E-state index is 0.910. The molecule has 218 valence electrons. The van der Waals surface area contributed by atoms with Gasteiger partial charge in [-0.2, -0.15) is 0 Å². The lowest BCUT2D eigenvalue weighted by Gasteiger charge is -2.25. The van der Waals surface area contributed by atoms with Gasteiger partial charge in [0, 0.05) is 22.1 Å². The fourth-order valence-corrected chi connectivity index (χ4v) is 7.89. The molecule has 0 aromatic heterocycles. The van der Waals surface area contributed by atoms with Crippen molar-refractivity contribution in [2.45, 2.75) is 0 Å². The molecular weight excluding hydrogens is 569 g/mol. The van der Waals surface area contributed by atoms with E-state index < -0.39 is 0 Å². The van der Waals surface area contributed by atoms with Crippen molar-refractivity contribution in [3.05, 3.63) is 170 Å². The van der Waals surface area contributed by atoms with Crippen LogP contribution in [0.5, 0.6) is 11.5 Å². The van der Waals surface area contributed by atoms with Gasteiger partial charge in [-0.15, -0.1) is 0 Å². The third-order valence-corrected chi connectivity index (χ3v) is 9.86. The summed E-state index contributed by atoms with van der Waals surface area (Å²) < 4.78 is 6.87. The van der Waals surface area contributed by atoms with Crippen LogP contribution in [0.3, 0.4) is 0 Å². The van der Waals surface area contributed by atoms with Crippen molar-refractivity contribution in [2.75, 3.05) is 0 Å². The molecule has 1 aliphatic heterocycles. The normalized spacial score (nSPS) is 12.0. The molecule has 1 heterocycles. The third-order valence-electron chi connectivity index (χ3n) is 9.86. The second-order valence-corrected chi connectivity index (χ2v) is 12.4. The van der Waals surface area contributed by atoms with Crippen LogP contribution in [0.2, 0.25) is 0 Å². The summed E-state index contributed by atoms with van der Waals surface area (Å²) in [5, 5.41) is 9.75. The molecule has 0 aliphatic carbocycles. The Kier molecular flexibility index (Phi) is 5.64. The molecule has 0 fully saturated rings. The maximum atomic E-state index is 6.87. The molecule has 0 spiro atoms. The quantitative estimate of drug-likeness (QED) is 0.184. The Morgan fingerprint density at radius 3 is 1.45 bits per heavy atom. The summed E-state index contributed by atoms with van der Waals surface area (Å²) in [7, 11) is 0. The van der Waals surface area contributed by atoms with Gasteiger partial charge in [0.15, 0.2) is 0 Å². The third kappa shape index (κ3) is 3.84. The van der Waals surface area contributed by atoms with Crippen molar-refractivity contribution in [3.63, 3.8) is 0 Å². The van der Waals surface area contributed by atoms with Gasteiger partial charge < -0.3 is 4.74 Å². The highest BCUT2D eigenvalue weighted by Crippen LogP contribution is 2.53. The van der Waals surface area contributed by atoms with Gasteiger partial charge in [-0.3, -0.25) is 0 Å². The minimum atomic E-state index is 0.910. The number of benzene rings is 9. The number of rotatable bonds is 3. The minimum Gasteiger partial charge on any atom is -0.455 e. The lowest BCUT2D eigenvalue weighted by atomic mass is 9.82. The number of para-hydroxylation sites is 1. The van der Waals surface area contributed by atoms with Crippen LogP contribution < -0.4 is 4.74 Å². The van der Waals surface area contributed by atoms with Crippen LogP contribution in [-0.2, 0) is 0 Å². The highest BCUT2D eigenvalue weighted by atomic mass is 16.5. The molecule has 0 bridgehead atoms. The van der Waals surface area contributed by atoms with Gasteiger partial charge in [0.25, 0.3) is 0 Å². The fraction of sp³-hybridized carbons (Fsp3) is 0. The van der Waals surface area contributed by atoms with Crippen LogP contribution in [-0.4, -0.2) is 0 Å². The lowest BCUT2D eigenvalue weighted by Crippen LogP contribution is -2.00. The van der Waals surface area contributed by atoms with Crippen LogP contribution in [0, 0.1) is 0 Å². The van der Waals surface area contributed by atoms with E-state index in [1.165, 1.54) is 76.5 Å². The molecule has 0 radical (unpaired) electrons. The standard InChI is InChI=1S/C46H28O/c1-2-17-31-29(13-1)14-9-24-32(31)33-18-3-4-19-34(33)44-35-20-5-7-22-37(35)45(38-23-8-6-21-36(38)44)41-27-12-26-40-39-25-10-15-30-16-11-28-42(43(30)39)47-46(40)41/h1-28H. The molecule has 10 rings (SSSR count). The van der Waals surface area contributed by atoms with Crippen molar-refractivity contribution < 1.29 is 4.74 Å². The van der Waals surface area contributed by atoms with Crippen LogP contribution in [0.1, 0.15) is 0 Å². The van der Waals surface area contributed by atoms with E-state index in [1.807, 2.05) is 0 Å². The van der Waals surface area contributed by atoms with E-state index in [9.17, 15) is 0 Å². The zero-order valence-electron chi connectivity index (χ0n) is 25.6. The molecule has 0 saturated heterocycles. The molecule has 47 heavy (non-hydrogen) atoms. The van der Waals surface area contributed by atoms with Crippen molar-refractivity contribution >= 4 is 43.1 Å². The van der Waals surface area contributed by atoms with Crippen molar-refractivity contribution in [1.82, 2.24) is 0 Å². The zero-order chi connectivity index (χ0) is 30.9. The van der Waals surface area contributed by atoms with E-state index in [1.54, 1.807) is 0 Å². The first-order valence-electron chi connectivity index (χ1n) is 16.2. The molecule has 1 aliphatic rings. The SMILES string of the molecule is c1ccc(-c2c3ccccc3c(-c3cccc4c3Oc3cccc5cccc-4c35)c3ccccc23)c(-c2cccc3ccccc23)c1. The Balaban J connectivity index is 1.29. The van der Waals surface area contributed by atoms with E-state index in [-0.39, 0.29) is 0 Å². The van der Waals surface area contributed by atoms with Gasteiger partial charge in [-0.05, 0) is 71.6 Å². The van der Waals surface area contributed by atoms with Crippen molar-refractivity contribution in [2.24, 2.45) is 0 Å². The average Bonchev–Trinajstić information content (AvgIpc) is 3.14. The van der Waals surface area contributed by atoms with E-state index in [0.29, 0.717) is 0 Å². The molecule has 9 aromatic carbocycles. The molecule has 0 unspecified atom stereocenters. The molecule has 0 N–H and O–H groups in total. The summed E-state index contributed by atoms with van der Waals surface area (Å²) >= 11 is 0. The maximum absolute atomic E-state index is 6.87. The molecule has 9 aromatic rings. The monoisotopic (exact) mass is 596 g/mol. The van der Waals surface area contributed by atoms with Gasteiger partial charge >= 0.3 is 0 Å².